The van der Waals surface area contributed by atoms with Gasteiger partial charge in [0.1, 0.15) is 5.75 Å². The summed E-state index contributed by atoms with van der Waals surface area (Å²) in [6, 6.07) is 5.15. The van der Waals surface area contributed by atoms with Crippen LogP contribution in [0, 0.1) is 6.92 Å². The molecule has 0 bridgehead atoms. The van der Waals surface area contributed by atoms with E-state index in [2.05, 4.69) is 15.6 Å². The van der Waals surface area contributed by atoms with E-state index < -0.39 is 12.8 Å². The Hall–Kier alpha value is -2.00. The molecule has 0 atom stereocenters. The van der Waals surface area contributed by atoms with Gasteiger partial charge in [0.15, 0.2) is 12.6 Å². The van der Waals surface area contributed by atoms with Crippen LogP contribution in [-0.4, -0.2) is 58.8 Å². The van der Waals surface area contributed by atoms with Crippen molar-refractivity contribution in [1.29, 1.82) is 0 Å². The Balaban J connectivity index is 2.60. The lowest BCUT2D eigenvalue weighted by atomic mass is 10.1. The molecule has 0 spiro atoms. The second kappa shape index (κ2) is 13.2. The van der Waals surface area contributed by atoms with Gasteiger partial charge in [-0.25, -0.2) is 4.99 Å². The number of nitrogens with one attached hydrogen (secondary N) is 2. The van der Waals surface area contributed by atoms with E-state index in [1.165, 1.54) is 0 Å². The molecule has 0 aliphatic rings. The standard InChI is InChI=1S/C19H30F3N3O3/c1-4-23-18(24-8-5-9-27-11-10-26-3)25-13-16-7-6-15(2)12-17(16)28-14-19(20,21)22/h6-7,12H,4-5,8-11,13-14H2,1-3H3,(H2,23,24,25). The lowest BCUT2D eigenvalue weighted by Gasteiger charge is -2.14. The van der Waals surface area contributed by atoms with Crippen LogP contribution in [0.4, 0.5) is 13.2 Å². The van der Waals surface area contributed by atoms with Gasteiger partial charge in [0.2, 0.25) is 0 Å². The molecule has 0 fully saturated rings. The molecule has 2 N–H and O–H groups in total. The van der Waals surface area contributed by atoms with Crippen LogP contribution >= 0.6 is 0 Å². The molecule has 1 aromatic rings. The number of rotatable bonds is 12. The Morgan fingerprint density at radius 1 is 1.14 bits per heavy atom. The van der Waals surface area contributed by atoms with Crippen LogP contribution in [0.25, 0.3) is 0 Å². The molecule has 0 unspecified atom stereocenters. The minimum Gasteiger partial charge on any atom is -0.484 e. The quantitative estimate of drug-likeness (QED) is 0.318. The third kappa shape index (κ3) is 11.0. The van der Waals surface area contributed by atoms with Crippen molar-refractivity contribution in [3.63, 3.8) is 0 Å². The first-order valence-electron chi connectivity index (χ1n) is 9.23. The molecule has 160 valence electrons. The van der Waals surface area contributed by atoms with Crippen molar-refractivity contribution in [2.75, 3.05) is 46.6 Å². The van der Waals surface area contributed by atoms with E-state index >= 15 is 0 Å². The number of hydrogen-bond donors (Lipinski definition) is 2. The number of ether oxygens (including phenoxy) is 3. The highest BCUT2D eigenvalue weighted by atomic mass is 19.4. The van der Waals surface area contributed by atoms with Crippen LogP contribution in [0.1, 0.15) is 24.5 Å². The predicted octanol–water partition coefficient (Wildman–Crippen LogP) is 3.04. The van der Waals surface area contributed by atoms with Crippen LogP contribution in [0.3, 0.4) is 0 Å². The molecule has 0 aromatic heterocycles. The van der Waals surface area contributed by atoms with Crippen molar-refractivity contribution < 1.29 is 27.4 Å². The zero-order valence-electron chi connectivity index (χ0n) is 16.7. The molecule has 0 aliphatic heterocycles. The average Bonchev–Trinajstić information content (AvgIpc) is 2.64. The fraction of sp³-hybridized carbons (Fsp3) is 0.632. The van der Waals surface area contributed by atoms with Gasteiger partial charge in [0.25, 0.3) is 0 Å². The molecule has 9 heteroatoms. The van der Waals surface area contributed by atoms with Crippen LogP contribution in [0.15, 0.2) is 23.2 Å². The van der Waals surface area contributed by atoms with Crippen molar-refractivity contribution in [3.05, 3.63) is 29.3 Å². The molecular formula is C19H30F3N3O3. The van der Waals surface area contributed by atoms with Gasteiger partial charge in [-0.15, -0.1) is 0 Å². The Morgan fingerprint density at radius 2 is 1.93 bits per heavy atom. The van der Waals surface area contributed by atoms with Gasteiger partial charge < -0.3 is 24.8 Å². The summed E-state index contributed by atoms with van der Waals surface area (Å²) in [6.07, 6.45) is -3.59. The molecule has 28 heavy (non-hydrogen) atoms. The van der Waals surface area contributed by atoms with Crippen molar-refractivity contribution in [1.82, 2.24) is 10.6 Å². The summed E-state index contributed by atoms with van der Waals surface area (Å²) in [7, 11) is 1.62. The molecular weight excluding hydrogens is 375 g/mol. The minimum absolute atomic E-state index is 0.198. The zero-order chi connectivity index (χ0) is 20.8. The van der Waals surface area contributed by atoms with Gasteiger partial charge >= 0.3 is 6.18 Å². The maximum Gasteiger partial charge on any atom is 0.422 e. The maximum atomic E-state index is 12.5. The number of alkyl halides is 3. The van der Waals surface area contributed by atoms with Crippen molar-refractivity contribution in [3.8, 4) is 5.75 Å². The summed E-state index contributed by atoms with van der Waals surface area (Å²) < 4.78 is 52.7. The van der Waals surface area contributed by atoms with Crippen LogP contribution in [0.5, 0.6) is 5.75 Å². The highest BCUT2D eigenvalue weighted by Crippen LogP contribution is 2.24. The molecule has 0 aliphatic carbocycles. The summed E-state index contributed by atoms with van der Waals surface area (Å²) in [5.41, 5.74) is 1.42. The molecule has 0 heterocycles. The van der Waals surface area contributed by atoms with E-state index in [1.54, 1.807) is 26.2 Å². The number of aryl methyl sites for hydroxylation is 1. The monoisotopic (exact) mass is 405 g/mol. The smallest absolute Gasteiger partial charge is 0.422 e. The molecule has 0 saturated heterocycles. The first-order chi connectivity index (χ1) is 13.4. The number of guanidine groups is 1. The lowest BCUT2D eigenvalue weighted by molar-refractivity contribution is -0.153. The molecule has 0 radical (unpaired) electrons. The third-order valence-corrected chi connectivity index (χ3v) is 3.56. The molecule has 6 nitrogen and oxygen atoms in total. The normalized spacial score (nSPS) is 12.1. The summed E-state index contributed by atoms with van der Waals surface area (Å²) in [6.45, 7) is 5.66. The van der Waals surface area contributed by atoms with Crippen LogP contribution in [0.2, 0.25) is 0 Å². The van der Waals surface area contributed by atoms with Crippen molar-refractivity contribution >= 4 is 5.96 Å². The molecule has 1 aromatic carbocycles. The molecule has 0 saturated carbocycles. The first kappa shape index (κ1) is 24.0. The molecule has 0 amide bonds. The topological polar surface area (TPSA) is 64.1 Å². The number of aliphatic imine (C=N–C) groups is 1. The molecule has 1 rings (SSSR count). The van der Waals surface area contributed by atoms with Crippen molar-refractivity contribution in [2.45, 2.75) is 33.0 Å². The van der Waals surface area contributed by atoms with Gasteiger partial charge in [-0.2, -0.15) is 13.2 Å². The van der Waals surface area contributed by atoms with E-state index in [-0.39, 0.29) is 12.3 Å². The second-order valence-corrected chi connectivity index (χ2v) is 6.10. The summed E-state index contributed by atoms with van der Waals surface area (Å²) in [4.78, 5) is 4.44. The number of hydrogen-bond acceptors (Lipinski definition) is 4. The SMILES string of the molecule is CCNC(=NCc1ccc(C)cc1OCC(F)(F)F)NCCCOCCOC. The Kier molecular flexibility index (Phi) is 11.4. The van der Waals surface area contributed by atoms with Gasteiger partial charge in [-0.3, -0.25) is 0 Å². The van der Waals surface area contributed by atoms with Gasteiger partial charge in [0, 0.05) is 32.4 Å². The number of benzene rings is 1. The number of halogens is 3. The minimum atomic E-state index is -4.38. The first-order valence-corrected chi connectivity index (χ1v) is 9.23. The van der Waals surface area contributed by atoms with E-state index in [4.69, 9.17) is 14.2 Å². The van der Waals surface area contributed by atoms with Crippen LogP contribution in [-0.2, 0) is 16.0 Å². The highest BCUT2D eigenvalue weighted by molar-refractivity contribution is 5.79. The Morgan fingerprint density at radius 3 is 2.61 bits per heavy atom. The fourth-order valence-corrected chi connectivity index (χ4v) is 2.22. The summed E-state index contributed by atoms with van der Waals surface area (Å²) in [5, 5.41) is 6.28. The number of methoxy groups -OCH3 is 1. The Bertz CT molecular complexity index is 596. The van der Waals surface area contributed by atoms with Crippen molar-refractivity contribution in [2.24, 2.45) is 4.99 Å². The lowest BCUT2D eigenvalue weighted by Crippen LogP contribution is -2.38. The fourth-order valence-electron chi connectivity index (χ4n) is 2.22. The second-order valence-electron chi connectivity index (χ2n) is 6.10. The Labute approximate surface area is 164 Å². The van der Waals surface area contributed by atoms with Gasteiger partial charge in [0.05, 0.1) is 19.8 Å². The maximum absolute atomic E-state index is 12.5. The summed E-state index contributed by atoms with van der Waals surface area (Å²) in [5.74, 6) is 0.783. The third-order valence-electron chi connectivity index (χ3n) is 3.56. The highest BCUT2D eigenvalue weighted by Gasteiger charge is 2.28. The number of nitrogens with zero attached hydrogens (tertiary/aromatic N) is 1. The van der Waals surface area contributed by atoms with E-state index in [0.717, 1.165) is 12.0 Å². The predicted molar refractivity (Wildman–Crippen MR) is 103 cm³/mol. The van der Waals surface area contributed by atoms with Gasteiger partial charge in [-0.05, 0) is 31.9 Å². The summed E-state index contributed by atoms with van der Waals surface area (Å²) >= 11 is 0. The van der Waals surface area contributed by atoms with E-state index in [1.807, 2.05) is 13.0 Å². The van der Waals surface area contributed by atoms with Crippen LogP contribution < -0.4 is 15.4 Å². The zero-order valence-corrected chi connectivity index (χ0v) is 16.7. The average molecular weight is 405 g/mol. The van der Waals surface area contributed by atoms with Gasteiger partial charge in [-0.1, -0.05) is 12.1 Å². The van der Waals surface area contributed by atoms with E-state index in [9.17, 15) is 13.2 Å². The van der Waals surface area contributed by atoms with E-state index in [0.29, 0.717) is 44.4 Å². The largest absolute Gasteiger partial charge is 0.484 e.